The fourth-order valence-electron chi connectivity index (χ4n) is 3.06. The summed E-state index contributed by atoms with van der Waals surface area (Å²) >= 11 is 0. The van der Waals surface area contributed by atoms with E-state index < -0.39 is 6.10 Å². The quantitative estimate of drug-likeness (QED) is 0.776. The third kappa shape index (κ3) is 4.00. The third-order valence-corrected chi connectivity index (χ3v) is 4.31. The van der Waals surface area contributed by atoms with Crippen LogP contribution in [0.1, 0.15) is 19.8 Å². The van der Waals surface area contributed by atoms with Crippen LogP contribution < -0.4 is 11.1 Å². The number of nitrogens with zero attached hydrogens (tertiary/aromatic N) is 1. The molecule has 0 aliphatic carbocycles. The highest BCUT2D eigenvalue weighted by Gasteiger charge is 2.29. The number of amides is 1. The van der Waals surface area contributed by atoms with Gasteiger partial charge in [0.25, 0.3) is 5.91 Å². The number of nitrogens with one attached hydrogen (secondary N) is 1. The molecule has 7 heteroatoms. The monoisotopic (exact) mass is 345 g/mol. The van der Waals surface area contributed by atoms with Crippen LogP contribution in [0, 0.1) is 0 Å². The molecule has 1 aliphatic rings. The van der Waals surface area contributed by atoms with Crippen LogP contribution in [-0.4, -0.2) is 41.8 Å². The van der Waals surface area contributed by atoms with Crippen molar-refractivity contribution in [3.63, 3.8) is 0 Å². The minimum absolute atomic E-state index is 0.0323. The van der Waals surface area contributed by atoms with Crippen molar-refractivity contribution in [2.24, 2.45) is 5.73 Å². The summed E-state index contributed by atoms with van der Waals surface area (Å²) < 4.78 is 12.4. The van der Waals surface area contributed by atoms with Gasteiger partial charge in [0.15, 0.2) is 0 Å². The Morgan fingerprint density at radius 3 is 2.92 bits per heavy atom. The molecule has 1 fully saturated rings. The van der Waals surface area contributed by atoms with Gasteiger partial charge in [-0.3, -0.25) is 9.59 Å². The molecule has 1 aromatic heterocycles. The van der Waals surface area contributed by atoms with Crippen LogP contribution in [0.5, 0.6) is 0 Å². The second-order valence-corrected chi connectivity index (χ2v) is 6.07. The van der Waals surface area contributed by atoms with Crippen LogP contribution in [0.15, 0.2) is 30.5 Å². The van der Waals surface area contributed by atoms with Crippen LogP contribution in [0.25, 0.3) is 10.9 Å². The number of aromatic nitrogens is 1. The van der Waals surface area contributed by atoms with Crippen molar-refractivity contribution >= 4 is 28.5 Å². The molecular formula is C18H23N3O4. The number of fused-ring (bicyclic) bond motifs is 1. The van der Waals surface area contributed by atoms with Crippen LogP contribution in [0.2, 0.25) is 0 Å². The number of rotatable bonds is 6. The summed E-state index contributed by atoms with van der Waals surface area (Å²) in [5, 5.41) is 3.82. The second-order valence-electron chi connectivity index (χ2n) is 6.07. The first kappa shape index (κ1) is 17.4. The van der Waals surface area contributed by atoms with Gasteiger partial charge in [0.05, 0.1) is 12.7 Å². The first-order chi connectivity index (χ1) is 12.1. The van der Waals surface area contributed by atoms with E-state index in [1.165, 1.54) is 0 Å². The standard InChI is InChI=1S/C18H23N3O4/c1-2-24-17(22)11-21-8-7-12-9-13(3-5-15(12)21)20-18(23)16-6-4-14(10-19)25-16/h3,5,7-9,14,16H,2,4,6,10-11,19H2,1H3,(H,20,23)/t14-,16+/m1/s1. The van der Waals surface area contributed by atoms with Crippen LogP contribution in [0.4, 0.5) is 5.69 Å². The average Bonchev–Trinajstić information content (AvgIpc) is 3.22. The molecule has 0 radical (unpaired) electrons. The molecular weight excluding hydrogens is 322 g/mol. The molecule has 1 aromatic carbocycles. The van der Waals surface area contributed by atoms with Gasteiger partial charge in [-0.25, -0.2) is 0 Å². The maximum atomic E-state index is 12.3. The summed E-state index contributed by atoms with van der Waals surface area (Å²) in [7, 11) is 0. The molecule has 134 valence electrons. The van der Waals surface area contributed by atoms with Crippen LogP contribution in [0.3, 0.4) is 0 Å². The Kier molecular flexibility index (Phi) is 5.35. The Labute approximate surface area is 146 Å². The van der Waals surface area contributed by atoms with Gasteiger partial charge in [0, 0.05) is 29.3 Å². The van der Waals surface area contributed by atoms with Crippen molar-refractivity contribution in [2.75, 3.05) is 18.5 Å². The van der Waals surface area contributed by atoms with E-state index in [0.29, 0.717) is 25.3 Å². The SMILES string of the molecule is CCOC(=O)Cn1ccc2cc(NC(=O)[C@@H]3CC[C@H](CN)O3)ccc21. The lowest BCUT2D eigenvalue weighted by atomic mass is 10.2. The van der Waals surface area contributed by atoms with Gasteiger partial charge >= 0.3 is 5.97 Å². The van der Waals surface area contributed by atoms with E-state index in [2.05, 4.69) is 5.32 Å². The van der Waals surface area contributed by atoms with Crippen molar-refractivity contribution < 1.29 is 19.1 Å². The Morgan fingerprint density at radius 1 is 1.36 bits per heavy atom. The minimum atomic E-state index is -0.447. The Balaban J connectivity index is 1.68. The highest BCUT2D eigenvalue weighted by Crippen LogP contribution is 2.23. The topological polar surface area (TPSA) is 95.6 Å². The largest absolute Gasteiger partial charge is 0.465 e. The van der Waals surface area contributed by atoms with Crippen molar-refractivity contribution in [1.29, 1.82) is 0 Å². The summed E-state index contributed by atoms with van der Waals surface area (Å²) in [6.07, 6.45) is 2.85. The maximum absolute atomic E-state index is 12.3. The van der Waals surface area contributed by atoms with Crippen molar-refractivity contribution in [3.05, 3.63) is 30.5 Å². The molecule has 2 heterocycles. The molecule has 1 aliphatic heterocycles. The summed E-state index contributed by atoms with van der Waals surface area (Å²) in [5.74, 6) is -0.425. The van der Waals surface area contributed by atoms with Crippen LogP contribution >= 0.6 is 0 Å². The van der Waals surface area contributed by atoms with Gasteiger partial charge in [0.2, 0.25) is 0 Å². The molecule has 0 saturated carbocycles. The summed E-state index contributed by atoms with van der Waals surface area (Å²) in [5.41, 5.74) is 7.18. The maximum Gasteiger partial charge on any atom is 0.325 e. The zero-order valence-corrected chi connectivity index (χ0v) is 14.2. The van der Waals surface area contributed by atoms with Crippen molar-refractivity contribution in [2.45, 2.75) is 38.5 Å². The minimum Gasteiger partial charge on any atom is -0.465 e. The molecule has 0 bridgehead atoms. The van der Waals surface area contributed by atoms with Crippen molar-refractivity contribution in [3.8, 4) is 0 Å². The normalized spacial score (nSPS) is 19.9. The predicted molar refractivity (Wildman–Crippen MR) is 94.2 cm³/mol. The third-order valence-electron chi connectivity index (χ3n) is 4.31. The molecule has 2 aromatic rings. The van der Waals surface area contributed by atoms with E-state index in [4.69, 9.17) is 15.2 Å². The van der Waals surface area contributed by atoms with Crippen molar-refractivity contribution in [1.82, 2.24) is 4.57 Å². The molecule has 3 N–H and O–H groups in total. The zero-order valence-electron chi connectivity index (χ0n) is 14.2. The van der Waals surface area contributed by atoms with Gasteiger partial charge in [-0.2, -0.15) is 0 Å². The lowest BCUT2D eigenvalue weighted by Crippen LogP contribution is -2.29. The average molecular weight is 345 g/mol. The summed E-state index contributed by atoms with van der Waals surface area (Å²) in [6, 6.07) is 7.48. The van der Waals surface area contributed by atoms with Gasteiger partial charge in [-0.15, -0.1) is 0 Å². The van der Waals surface area contributed by atoms with E-state index in [1.54, 1.807) is 6.92 Å². The lowest BCUT2D eigenvalue weighted by Gasteiger charge is -2.13. The van der Waals surface area contributed by atoms with Gasteiger partial charge < -0.3 is 25.1 Å². The molecule has 25 heavy (non-hydrogen) atoms. The summed E-state index contributed by atoms with van der Waals surface area (Å²) in [4.78, 5) is 23.9. The van der Waals surface area contributed by atoms with E-state index in [-0.39, 0.29) is 24.5 Å². The zero-order chi connectivity index (χ0) is 17.8. The molecule has 0 unspecified atom stereocenters. The molecule has 1 saturated heterocycles. The lowest BCUT2D eigenvalue weighted by molar-refractivity contribution is -0.143. The molecule has 7 nitrogen and oxygen atoms in total. The number of nitrogens with two attached hydrogens (primary N) is 1. The number of anilines is 1. The number of esters is 1. The molecule has 0 spiro atoms. The first-order valence-corrected chi connectivity index (χ1v) is 8.51. The highest BCUT2D eigenvalue weighted by molar-refractivity contribution is 5.96. The first-order valence-electron chi connectivity index (χ1n) is 8.51. The van der Waals surface area contributed by atoms with Gasteiger partial charge in [-0.1, -0.05) is 0 Å². The van der Waals surface area contributed by atoms with Gasteiger partial charge in [-0.05, 0) is 44.0 Å². The number of carbonyl (C=O) groups is 2. The number of hydrogen-bond acceptors (Lipinski definition) is 5. The number of ether oxygens (including phenoxy) is 2. The van der Waals surface area contributed by atoms with Crippen LogP contribution in [-0.2, 0) is 25.6 Å². The highest BCUT2D eigenvalue weighted by atomic mass is 16.5. The Morgan fingerprint density at radius 2 is 2.20 bits per heavy atom. The number of hydrogen-bond donors (Lipinski definition) is 2. The number of carbonyl (C=O) groups excluding carboxylic acids is 2. The van der Waals surface area contributed by atoms with Gasteiger partial charge in [0.1, 0.15) is 12.6 Å². The fraction of sp³-hybridized carbons (Fsp3) is 0.444. The molecule has 2 atom stereocenters. The molecule has 1 amide bonds. The predicted octanol–water partition coefficient (Wildman–Crippen LogP) is 1.65. The van der Waals surface area contributed by atoms with E-state index in [0.717, 1.165) is 17.3 Å². The van der Waals surface area contributed by atoms with E-state index >= 15 is 0 Å². The summed E-state index contributed by atoms with van der Waals surface area (Å²) in [6.45, 7) is 2.75. The fourth-order valence-corrected chi connectivity index (χ4v) is 3.06. The second kappa shape index (κ2) is 7.67. The smallest absolute Gasteiger partial charge is 0.325 e. The number of benzene rings is 1. The Bertz CT molecular complexity index is 771. The van der Waals surface area contributed by atoms with E-state index in [9.17, 15) is 9.59 Å². The molecule has 3 rings (SSSR count). The van der Waals surface area contributed by atoms with E-state index in [1.807, 2.05) is 35.0 Å². The Hall–Kier alpha value is -2.38.